The Hall–Kier alpha value is -2.68. The Bertz CT molecular complexity index is 1260. The van der Waals surface area contributed by atoms with Gasteiger partial charge >= 0.3 is 0 Å². The Morgan fingerprint density at radius 3 is 2.62 bits per heavy atom. The Morgan fingerprint density at radius 1 is 1.22 bits per heavy atom. The molecule has 2 N–H and O–H groups in total. The predicted octanol–water partition coefficient (Wildman–Crippen LogP) is 3.56. The lowest BCUT2D eigenvalue weighted by atomic mass is 9.80. The second-order valence-electron chi connectivity index (χ2n) is 8.97. The smallest absolute Gasteiger partial charge is 0.240 e. The molecule has 32 heavy (non-hydrogen) atoms. The number of halogens is 2. The first kappa shape index (κ1) is 22.5. The highest BCUT2D eigenvalue weighted by atomic mass is 32.2. The first-order chi connectivity index (χ1) is 14.9. The molecule has 0 radical (unpaired) electrons. The van der Waals surface area contributed by atoms with Crippen LogP contribution in [0.1, 0.15) is 60.3 Å². The number of alkyl halides is 1. The lowest BCUT2D eigenvalue weighted by Gasteiger charge is -2.52. The van der Waals surface area contributed by atoms with Crippen molar-refractivity contribution in [3.63, 3.8) is 0 Å². The van der Waals surface area contributed by atoms with Gasteiger partial charge in [-0.25, -0.2) is 17.2 Å². The van der Waals surface area contributed by atoms with Gasteiger partial charge in [0.15, 0.2) is 5.78 Å². The van der Waals surface area contributed by atoms with Crippen molar-refractivity contribution in [2.24, 2.45) is 10.7 Å². The Kier molecular flexibility index (Phi) is 5.04. The minimum absolute atomic E-state index is 0.107. The van der Waals surface area contributed by atoms with Gasteiger partial charge < -0.3 is 5.73 Å². The van der Waals surface area contributed by atoms with E-state index in [1.54, 1.807) is 19.1 Å². The van der Waals surface area contributed by atoms with Crippen LogP contribution in [0, 0.1) is 12.7 Å². The molecule has 0 spiro atoms. The maximum atomic E-state index is 16.4. The Morgan fingerprint density at radius 2 is 1.94 bits per heavy atom. The fourth-order valence-corrected chi connectivity index (χ4v) is 7.40. The van der Waals surface area contributed by atoms with Crippen LogP contribution >= 0.6 is 0 Å². The molecule has 2 aromatic rings. The number of carbonyl (C=O) groups is 1. The van der Waals surface area contributed by atoms with Crippen LogP contribution in [0.4, 0.5) is 8.78 Å². The van der Waals surface area contributed by atoms with E-state index in [9.17, 15) is 13.2 Å². The molecule has 0 saturated carbocycles. The number of aliphatic imine (C=N–C) groups is 1. The molecule has 3 heterocycles. The highest BCUT2D eigenvalue weighted by Crippen LogP contribution is 2.57. The van der Waals surface area contributed by atoms with Gasteiger partial charge in [0, 0.05) is 18.2 Å². The first-order valence-electron chi connectivity index (χ1n) is 10.4. The number of aryl methyl sites for hydroxylation is 1. The lowest BCUT2D eigenvalue weighted by Crippen LogP contribution is -2.68. The van der Waals surface area contributed by atoms with E-state index >= 15 is 8.78 Å². The molecule has 1 aromatic carbocycles. The first-order valence-corrected chi connectivity index (χ1v) is 11.9. The quantitative estimate of drug-likeness (QED) is 0.702. The van der Waals surface area contributed by atoms with Crippen molar-refractivity contribution < 1.29 is 22.0 Å². The molecular formula is C23H25F2N3O3S. The van der Waals surface area contributed by atoms with E-state index in [1.807, 2.05) is 0 Å². The summed E-state index contributed by atoms with van der Waals surface area (Å²) < 4.78 is 56.5. The average Bonchev–Trinajstić information content (AvgIpc) is 2.72. The van der Waals surface area contributed by atoms with E-state index in [2.05, 4.69) is 9.98 Å². The zero-order valence-electron chi connectivity index (χ0n) is 18.2. The molecule has 2 bridgehead atoms. The van der Waals surface area contributed by atoms with E-state index in [1.165, 1.54) is 32.2 Å². The van der Waals surface area contributed by atoms with Crippen LogP contribution in [0.2, 0.25) is 0 Å². The molecule has 1 aromatic heterocycles. The summed E-state index contributed by atoms with van der Waals surface area (Å²) in [7, 11) is -4.44. The fraction of sp³-hybridized carbons (Fsp3) is 0.435. The number of sulfone groups is 1. The van der Waals surface area contributed by atoms with Crippen molar-refractivity contribution in [3.8, 4) is 0 Å². The predicted molar refractivity (Wildman–Crippen MR) is 117 cm³/mol. The third-order valence-corrected chi connectivity index (χ3v) is 10.0. The normalized spacial score (nSPS) is 31.1. The van der Waals surface area contributed by atoms with Gasteiger partial charge in [-0.05, 0) is 69.4 Å². The van der Waals surface area contributed by atoms with Gasteiger partial charge in [0.05, 0.1) is 0 Å². The third kappa shape index (κ3) is 2.86. The molecule has 170 valence electrons. The second-order valence-corrected chi connectivity index (χ2v) is 11.5. The van der Waals surface area contributed by atoms with Crippen molar-refractivity contribution in [2.75, 3.05) is 0 Å². The number of fused-ring (bicyclic) bond motifs is 2. The van der Waals surface area contributed by atoms with Crippen LogP contribution in [0.3, 0.4) is 0 Å². The molecule has 6 nitrogen and oxygen atoms in total. The molecular weight excluding hydrogens is 436 g/mol. The summed E-state index contributed by atoms with van der Waals surface area (Å²) in [4.78, 5) is 21.1. The summed E-state index contributed by atoms with van der Waals surface area (Å²) in [6.45, 7) is 4.39. The van der Waals surface area contributed by atoms with Crippen LogP contribution in [0.25, 0.3) is 0 Å². The molecule has 2 aliphatic rings. The summed E-state index contributed by atoms with van der Waals surface area (Å²) in [6.07, 6.45) is 1.52. The zero-order chi connectivity index (χ0) is 23.5. The van der Waals surface area contributed by atoms with Gasteiger partial charge in [-0.3, -0.25) is 14.8 Å². The topological polar surface area (TPSA) is 102 Å². The molecule has 3 atom stereocenters. The molecule has 9 heteroatoms. The largest absolute Gasteiger partial charge is 0.386 e. The monoisotopic (exact) mass is 461 g/mol. The van der Waals surface area contributed by atoms with Crippen LogP contribution in [-0.2, 0) is 21.8 Å². The van der Waals surface area contributed by atoms with Crippen molar-refractivity contribution >= 4 is 21.5 Å². The summed E-state index contributed by atoms with van der Waals surface area (Å²) in [5, 5.41) is -2.82. The number of hydrogen-bond donors (Lipinski definition) is 1. The summed E-state index contributed by atoms with van der Waals surface area (Å²) >= 11 is 0. The maximum absolute atomic E-state index is 16.4. The minimum atomic E-state index is -4.44. The molecule has 1 saturated heterocycles. The van der Waals surface area contributed by atoms with E-state index in [0.717, 1.165) is 6.07 Å². The van der Waals surface area contributed by atoms with Crippen LogP contribution in [-0.4, -0.2) is 34.8 Å². The van der Waals surface area contributed by atoms with Crippen LogP contribution in [0.15, 0.2) is 41.5 Å². The van der Waals surface area contributed by atoms with Gasteiger partial charge in [-0.1, -0.05) is 12.1 Å². The molecule has 4 rings (SSSR count). The van der Waals surface area contributed by atoms with Gasteiger partial charge in [0.1, 0.15) is 27.6 Å². The van der Waals surface area contributed by atoms with E-state index in [-0.39, 0.29) is 48.6 Å². The summed E-state index contributed by atoms with van der Waals surface area (Å²) in [6, 6.07) is 7.31. The second kappa shape index (κ2) is 7.16. The average molecular weight is 462 g/mol. The van der Waals surface area contributed by atoms with Crippen molar-refractivity contribution in [1.29, 1.82) is 0 Å². The SMILES string of the molecule is Cc1cccnc1C(=O)Cc1ccc(F)c([C@@]2(C)N=C(N)[C@@]3(C)CCC[C@]2(F)S3(=O)=O)c1. The number of Topliss-reactive ketones (excluding diaryl/α,β-unsaturated/α-hetero) is 1. The van der Waals surface area contributed by atoms with E-state index < -0.39 is 30.9 Å². The molecule has 0 amide bonds. The number of aromatic nitrogens is 1. The number of benzene rings is 1. The highest BCUT2D eigenvalue weighted by Gasteiger charge is 2.71. The number of ketones is 1. The van der Waals surface area contributed by atoms with Crippen LogP contribution in [0.5, 0.6) is 0 Å². The third-order valence-electron chi connectivity index (χ3n) is 6.98. The number of nitrogens with zero attached hydrogens (tertiary/aromatic N) is 2. The Balaban J connectivity index is 1.83. The minimum Gasteiger partial charge on any atom is -0.386 e. The zero-order valence-corrected chi connectivity index (χ0v) is 19.0. The van der Waals surface area contributed by atoms with Crippen molar-refractivity contribution in [2.45, 2.75) is 61.7 Å². The molecule has 0 unspecified atom stereocenters. The van der Waals surface area contributed by atoms with Gasteiger partial charge in [-0.15, -0.1) is 0 Å². The molecule has 0 aliphatic carbocycles. The van der Waals surface area contributed by atoms with Crippen molar-refractivity contribution in [1.82, 2.24) is 4.98 Å². The summed E-state index contributed by atoms with van der Waals surface area (Å²) in [5.41, 5.74) is 5.12. The van der Waals surface area contributed by atoms with Crippen molar-refractivity contribution in [3.05, 3.63) is 64.7 Å². The number of pyridine rings is 1. The number of carbonyl (C=O) groups excluding carboxylic acids is 1. The standard InChI is InChI=1S/C23H25F2N3O3S/c1-14-6-4-11-27-19(14)18(29)13-15-7-8-17(24)16(12-15)22(3)23(25)10-5-9-21(2,20(26)28-22)32(23,30)31/h4,6-8,11-12H,5,9-10,13H2,1-3H3,(H2,26,28)/t21-,22-,23+/m1/s1. The van der Waals surface area contributed by atoms with Gasteiger partial charge in [0.25, 0.3) is 0 Å². The number of rotatable bonds is 4. The highest BCUT2D eigenvalue weighted by molar-refractivity contribution is 7.95. The van der Waals surface area contributed by atoms with E-state index in [4.69, 9.17) is 5.73 Å². The van der Waals surface area contributed by atoms with E-state index in [0.29, 0.717) is 11.1 Å². The lowest BCUT2D eigenvalue weighted by molar-refractivity contribution is 0.0987. The number of nitrogens with two attached hydrogens (primary N) is 1. The molecule has 2 aliphatic heterocycles. The number of amidine groups is 1. The van der Waals surface area contributed by atoms with Crippen LogP contribution < -0.4 is 5.73 Å². The molecule has 1 fully saturated rings. The fourth-order valence-electron chi connectivity index (χ4n) is 4.86. The van der Waals surface area contributed by atoms with Gasteiger partial charge in [-0.2, -0.15) is 0 Å². The Labute approximate surface area is 185 Å². The maximum Gasteiger partial charge on any atom is 0.240 e. The number of hydrogen-bond acceptors (Lipinski definition) is 6. The summed E-state index contributed by atoms with van der Waals surface area (Å²) in [5.74, 6) is -1.32. The van der Waals surface area contributed by atoms with Gasteiger partial charge in [0.2, 0.25) is 14.8 Å².